The molecule has 7 nitrogen and oxygen atoms in total. The number of amides is 2. The normalized spacial score (nSPS) is 12.0. The number of carbonyl (C=O) groups excluding carboxylic acids is 1. The zero-order chi connectivity index (χ0) is 18.2. The Balaban J connectivity index is 2.03. The summed E-state index contributed by atoms with van der Waals surface area (Å²) in [5.41, 5.74) is 1.20. The number of nitrogens with zero attached hydrogens (tertiary/aromatic N) is 2. The Bertz CT molecular complexity index is 702. The molecule has 0 spiro atoms. The number of urea groups is 1. The molecule has 0 bridgehead atoms. The van der Waals surface area contributed by atoms with Crippen molar-refractivity contribution in [2.75, 3.05) is 25.0 Å². The van der Waals surface area contributed by atoms with Gasteiger partial charge in [-0.2, -0.15) is 11.3 Å². The van der Waals surface area contributed by atoms with E-state index in [4.69, 9.17) is 0 Å². The van der Waals surface area contributed by atoms with Crippen molar-refractivity contribution >= 4 is 28.7 Å². The van der Waals surface area contributed by atoms with E-state index in [-0.39, 0.29) is 17.4 Å². The standard InChI is InChI=1S/C17H22N4O3S/c1-3-20(4-2)16(13-9-10-25-12-13)11-18-17(22)19-14-7-5-6-8-15(14)21(23)24/h5-10,12,16H,3-4,11H2,1-2H3,(H2,18,19,22)/t16-/m0/s1. The number of carbonyl (C=O) groups is 1. The summed E-state index contributed by atoms with van der Waals surface area (Å²) in [6, 6.07) is 7.74. The molecule has 25 heavy (non-hydrogen) atoms. The molecule has 0 saturated carbocycles. The van der Waals surface area contributed by atoms with Crippen LogP contribution < -0.4 is 10.6 Å². The Hall–Kier alpha value is -2.45. The minimum Gasteiger partial charge on any atom is -0.336 e. The van der Waals surface area contributed by atoms with Crippen LogP contribution in [0.5, 0.6) is 0 Å². The van der Waals surface area contributed by atoms with E-state index in [0.29, 0.717) is 6.54 Å². The summed E-state index contributed by atoms with van der Waals surface area (Å²) < 4.78 is 0. The van der Waals surface area contributed by atoms with Crippen LogP contribution in [0.2, 0.25) is 0 Å². The highest BCUT2D eigenvalue weighted by atomic mass is 32.1. The fraction of sp³-hybridized carbons (Fsp3) is 0.353. The average molecular weight is 362 g/mol. The van der Waals surface area contributed by atoms with Gasteiger partial charge in [0.25, 0.3) is 5.69 Å². The molecule has 0 aliphatic heterocycles. The molecule has 134 valence electrons. The van der Waals surface area contributed by atoms with Gasteiger partial charge < -0.3 is 10.6 Å². The molecular formula is C17H22N4O3S. The van der Waals surface area contributed by atoms with Crippen molar-refractivity contribution in [3.63, 3.8) is 0 Å². The van der Waals surface area contributed by atoms with Crippen LogP contribution in [-0.2, 0) is 0 Å². The summed E-state index contributed by atoms with van der Waals surface area (Å²) in [5.74, 6) is 0. The molecule has 2 N–H and O–H groups in total. The molecule has 0 unspecified atom stereocenters. The number of anilines is 1. The largest absolute Gasteiger partial charge is 0.336 e. The molecule has 1 atom stereocenters. The number of para-hydroxylation sites is 2. The summed E-state index contributed by atoms with van der Waals surface area (Å²) in [6.45, 7) is 6.31. The molecular weight excluding hydrogens is 340 g/mol. The Morgan fingerprint density at radius 2 is 2.00 bits per heavy atom. The number of rotatable bonds is 8. The van der Waals surface area contributed by atoms with Gasteiger partial charge >= 0.3 is 6.03 Å². The first-order valence-electron chi connectivity index (χ1n) is 8.11. The number of hydrogen-bond donors (Lipinski definition) is 2. The van der Waals surface area contributed by atoms with Crippen molar-refractivity contribution in [1.82, 2.24) is 10.2 Å². The van der Waals surface area contributed by atoms with Crippen molar-refractivity contribution in [1.29, 1.82) is 0 Å². The van der Waals surface area contributed by atoms with Gasteiger partial charge in [0.1, 0.15) is 5.69 Å². The second-order valence-electron chi connectivity index (χ2n) is 5.40. The van der Waals surface area contributed by atoms with E-state index >= 15 is 0 Å². The zero-order valence-electron chi connectivity index (χ0n) is 14.3. The number of nitro groups is 1. The van der Waals surface area contributed by atoms with Gasteiger partial charge in [-0.05, 0) is 41.5 Å². The second kappa shape index (κ2) is 9.14. The first kappa shape index (κ1) is 18.9. The maximum Gasteiger partial charge on any atom is 0.319 e. The molecule has 0 aliphatic rings. The summed E-state index contributed by atoms with van der Waals surface area (Å²) in [6.07, 6.45) is 0. The third-order valence-corrected chi connectivity index (χ3v) is 4.69. The minimum absolute atomic E-state index is 0.0674. The maximum atomic E-state index is 12.2. The molecule has 2 amide bonds. The minimum atomic E-state index is -0.514. The lowest BCUT2D eigenvalue weighted by molar-refractivity contribution is -0.383. The highest BCUT2D eigenvalue weighted by molar-refractivity contribution is 7.07. The Morgan fingerprint density at radius 1 is 1.28 bits per heavy atom. The first-order chi connectivity index (χ1) is 12.1. The summed E-state index contributed by atoms with van der Waals surface area (Å²) in [4.78, 5) is 25.0. The van der Waals surface area contributed by atoms with Gasteiger partial charge in [-0.15, -0.1) is 0 Å². The Morgan fingerprint density at radius 3 is 2.60 bits per heavy atom. The summed E-state index contributed by atoms with van der Waals surface area (Å²) >= 11 is 1.62. The average Bonchev–Trinajstić information content (AvgIpc) is 3.13. The van der Waals surface area contributed by atoms with Gasteiger partial charge in [0, 0.05) is 12.6 Å². The zero-order valence-corrected chi connectivity index (χ0v) is 15.1. The van der Waals surface area contributed by atoms with Crippen LogP contribution in [0.3, 0.4) is 0 Å². The highest BCUT2D eigenvalue weighted by Gasteiger charge is 2.20. The van der Waals surface area contributed by atoms with Crippen LogP contribution in [-0.4, -0.2) is 35.5 Å². The summed E-state index contributed by atoms with van der Waals surface area (Å²) in [5, 5.41) is 20.5. The van der Waals surface area contributed by atoms with E-state index in [0.717, 1.165) is 18.7 Å². The quantitative estimate of drug-likeness (QED) is 0.551. The summed E-state index contributed by atoms with van der Waals surface area (Å²) in [7, 11) is 0. The van der Waals surface area contributed by atoms with E-state index in [1.165, 1.54) is 12.1 Å². The predicted molar refractivity (Wildman–Crippen MR) is 100 cm³/mol. The van der Waals surface area contributed by atoms with Crippen molar-refractivity contribution in [2.45, 2.75) is 19.9 Å². The first-order valence-corrected chi connectivity index (χ1v) is 9.05. The lowest BCUT2D eigenvalue weighted by Crippen LogP contribution is -2.39. The van der Waals surface area contributed by atoms with E-state index in [1.807, 2.05) is 5.38 Å². The van der Waals surface area contributed by atoms with Crippen LogP contribution in [0.1, 0.15) is 25.5 Å². The number of likely N-dealkylation sites (N-methyl/N-ethyl adjacent to an activating group) is 1. The molecule has 0 saturated heterocycles. The fourth-order valence-corrected chi connectivity index (χ4v) is 3.39. The number of nitrogens with one attached hydrogen (secondary N) is 2. The SMILES string of the molecule is CCN(CC)[C@@H](CNC(=O)Nc1ccccc1[N+](=O)[O-])c1ccsc1. The van der Waals surface area contributed by atoms with Gasteiger partial charge in [0.2, 0.25) is 0 Å². The van der Waals surface area contributed by atoms with E-state index < -0.39 is 11.0 Å². The van der Waals surface area contributed by atoms with Crippen LogP contribution in [0.25, 0.3) is 0 Å². The molecule has 1 aromatic heterocycles. The van der Waals surface area contributed by atoms with Gasteiger partial charge in [-0.3, -0.25) is 15.0 Å². The monoisotopic (exact) mass is 362 g/mol. The third-order valence-electron chi connectivity index (χ3n) is 3.99. The molecule has 0 aliphatic carbocycles. The highest BCUT2D eigenvalue weighted by Crippen LogP contribution is 2.24. The van der Waals surface area contributed by atoms with Crippen molar-refractivity contribution in [2.24, 2.45) is 0 Å². The molecule has 0 radical (unpaired) electrons. The molecule has 1 aromatic carbocycles. The van der Waals surface area contributed by atoms with Crippen molar-refractivity contribution < 1.29 is 9.72 Å². The van der Waals surface area contributed by atoms with E-state index in [9.17, 15) is 14.9 Å². The van der Waals surface area contributed by atoms with Crippen LogP contribution >= 0.6 is 11.3 Å². The Kier molecular flexibility index (Phi) is 6.91. The third kappa shape index (κ3) is 5.01. The smallest absolute Gasteiger partial charge is 0.319 e. The lowest BCUT2D eigenvalue weighted by Gasteiger charge is -2.29. The van der Waals surface area contributed by atoms with Crippen LogP contribution in [0.15, 0.2) is 41.1 Å². The van der Waals surface area contributed by atoms with Gasteiger partial charge in [0.05, 0.1) is 11.0 Å². The molecule has 1 heterocycles. The lowest BCUT2D eigenvalue weighted by atomic mass is 10.1. The molecule has 8 heteroatoms. The number of benzene rings is 1. The van der Waals surface area contributed by atoms with Crippen LogP contribution in [0, 0.1) is 10.1 Å². The molecule has 2 rings (SSSR count). The topological polar surface area (TPSA) is 87.5 Å². The number of nitro benzene ring substituents is 1. The van der Waals surface area contributed by atoms with Gasteiger partial charge in [-0.1, -0.05) is 26.0 Å². The number of hydrogen-bond acceptors (Lipinski definition) is 5. The van der Waals surface area contributed by atoms with Crippen molar-refractivity contribution in [3.8, 4) is 0 Å². The Labute approximate surface area is 150 Å². The van der Waals surface area contributed by atoms with Gasteiger partial charge in [0.15, 0.2) is 0 Å². The second-order valence-corrected chi connectivity index (χ2v) is 6.18. The van der Waals surface area contributed by atoms with Crippen LogP contribution in [0.4, 0.5) is 16.2 Å². The van der Waals surface area contributed by atoms with Gasteiger partial charge in [-0.25, -0.2) is 4.79 Å². The van der Waals surface area contributed by atoms with E-state index in [1.54, 1.807) is 23.5 Å². The predicted octanol–water partition coefficient (Wildman–Crippen LogP) is 3.86. The fourth-order valence-electron chi connectivity index (χ4n) is 2.68. The number of thiophene rings is 1. The maximum absolute atomic E-state index is 12.2. The van der Waals surface area contributed by atoms with Crippen molar-refractivity contribution in [3.05, 3.63) is 56.8 Å². The van der Waals surface area contributed by atoms with E-state index in [2.05, 4.69) is 40.8 Å². The molecule has 0 fully saturated rings. The molecule has 2 aromatic rings.